The first-order valence-electron chi connectivity index (χ1n) is 7.72. The number of fused-ring (bicyclic) bond motifs is 1. The predicted octanol–water partition coefficient (Wildman–Crippen LogP) is 3.44. The summed E-state index contributed by atoms with van der Waals surface area (Å²) >= 11 is 1.72. The maximum atomic E-state index is 12.3. The number of carbonyl (C=O) groups is 1. The molecule has 116 valence electrons. The summed E-state index contributed by atoms with van der Waals surface area (Å²) in [5.74, 6) is 0.143. The molecule has 1 aliphatic rings. The molecule has 1 aliphatic heterocycles. The molecule has 1 amide bonds. The van der Waals surface area contributed by atoms with Crippen molar-refractivity contribution in [2.75, 3.05) is 6.54 Å². The van der Waals surface area contributed by atoms with Crippen LogP contribution in [-0.2, 0) is 13.0 Å². The molecule has 0 aliphatic carbocycles. The Labute approximate surface area is 135 Å². The largest absolute Gasteiger partial charge is 0.334 e. The zero-order valence-corrected chi connectivity index (χ0v) is 13.7. The van der Waals surface area contributed by atoms with E-state index in [9.17, 15) is 4.79 Å². The molecule has 0 bridgehead atoms. The summed E-state index contributed by atoms with van der Waals surface area (Å²) in [5.41, 5.74) is 9.52. The average Bonchev–Trinajstić information content (AvgIpc) is 3.12. The lowest BCUT2D eigenvalue weighted by molar-refractivity contribution is 0.0766. The molecular formula is C18H22N2OS. The summed E-state index contributed by atoms with van der Waals surface area (Å²) in [7, 11) is 0. The molecule has 3 rings (SSSR count). The quantitative estimate of drug-likeness (QED) is 0.888. The molecule has 2 N–H and O–H groups in total. The van der Waals surface area contributed by atoms with Gasteiger partial charge in [-0.15, -0.1) is 0 Å². The number of nitrogens with zero attached hydrogens (tertiary/aromatic N) is 1. The molecule has 2 heterocycles. The van der Waals surface area contributed by atoms with E-state index in [2.05, 4.69) is 23.8 Å². The Balaban J connectivity index is 1.53. The zero-order chi connectivity index (χ0) is 15.6. The summed E-state index contributed by atoms with van der Waals surface area (Å²) in [6.07, 6.45) is 2.78. The highest BCUT2D eigenvalue weighted by Gasteiger charge is 2.28. The maximum Gasteiger partial charge on any atom is 0.254 e. The molecule has 0 saturated carbocycles. The number of hydrogen-bond donors (Lipinski definition) is 1. The van der Waals surface area contributed by atoms with Gasteiger partial charge < -0.3 is 10.6 Å². The molecule has 1 aromatic heterocycles. The van der Waals surface area contributed by atoms with Gasteiger partial charge in [-0.05, 0) is 60.2 Å². The third kappa shape index (κ3) is 3.39. The summed E-state index contributed by atoms with van der Waals surface area (Å²) in [5, 5.41) is 4.28. The van der Waals surface area contributed by atoms with Crippen molar-refractivity contribution in [3.63, 3.8) is 0 Å². The third-order valence-corrected chi connectivity index (χ3v) is 5.15. The topological polar surface area (TPSA) is 46.3 Å². The van der Waals surface area contributed by atoms with Gasteiger partial charge in [-0.1, -0.05) is 18.2 Å². The van der Waals surface area contributed by atoms with Gasteiger partial charge in [0.25, 0.3) is 5.91 Å². The van der Waals surface area contributed by atoms with Gasteiger partial charge in [-0.3, -0.25) is 4.79 Å². The van der Waals surface area contributed by atoms with Crippen LogP contribution in [0.4, 0.5) is 0 Å². The van der Waals surface area contributed by atoms with Gasteiger partial charge in [0.05, 0.1) is 0 Å². The first kappa shape index (κ1) is 15.3. The van der Waals surface area contributed by atoms with Crippen LogP contribution in [0.1, 0.15) is 41.3 Å². The van der Waals surface area contributed by atoms with Crippen molar-refractivity contribution in [3.8, 4) is 0 Å². The van der Waals surface area contributed by atoms with Crippen LogP contribution in [0.25, 0.3) is 0 Å². The number of thiophene rings is 1. The average molecular weight is 314 g/mol. The fourth-order valence-electron chi connectivity index (χ4n) is 2.88. The van der Waals surface area contributed by atoms with E-state index in [1.807, 2.05) is 29.2 Å². The van der Waals surface area contributed by atoms with E-state index < -0.39 is 0 Å². The van der Waals surface area contributed by atoms with Crippen molar-refractivity contribution in [2.24, 2.45) is 5.73 Å². The van der Waals surface area contributed by atoms with E-state index in [0.29, 0.717) is 0 Å². The van der Waals surface area contributed by atoms with Crippen LogP contribution in [0.15, 0.2) is 41.1 Å². The Kier molecular flexibility index (Phi) is 4.32. The molecule has 3 nitrogen and oxygen atoms in total. The Hall–Kier alpha value is -1.65. The highest BCUT2D eigenvalue weighted by atomic mass is 32.1. The van der Waals surface area contributed by atoms with Crippen molar-refractivity contribution in [3.05, 3.63) is 57.8 Å². The number of rotatable bonds is 6. The highest BCUT2D eigenvalue weighted by molar-refractivity contribution is 7.07. The predicted molar refractivity (Wildman–Crippen MR) is 91.0 cm³/mol. The minimum absolute atomic E-state index is 0.143. The molecule has 0 fully saturated rings. The third-order valence-electron chi connectivity index (χ3n) is 4.41. The molecule has 1 atom stereocenters. The Morgan fingerprint density at radius 3 is 2.82 bits per heavy atom. The van der Waals surface area contributed by atoms with Crippen molar-refractivity contribution >= 4 is 17.2 Å². The summed E-state index contributed by atoms with van der Waals surface area (Å²) in [6, 6.07) is 10.0. The van der Waals surface area contributed by atoms with Crippen LogP contribution >= 0.6 is 11.3 Å². The van der Waals surface area contributed by atoms with Gasteiger partial charge in [-0.2, -0.15) is 11.3 Å². The number of aryl methyl sites for hydroxylation is 1. The number of benzene rings is 1. The summed E-state index contributed by atoms with van der Waals surface area (Å²) in [6.45, 7) is 3.53. The molecule has 0 saturated heterocycles. The molecule has 4 heteroatoms. The second kappa shape index (κ2) is 6.23. The zero-order valence-electron chi connectivity index (χ0n) is 12.9. The Morgan fingerprint density at radius 2 is 2.09 bits per heavy atom. The van der Waals surface area contributed by atoms with Gasteiger partial charge in [0, 0.05) is 24.2 Å². The van der Waals surface area contributed by atoms with Gasteiger partial charge in [0.1, 0.15) is 0 Å². The second-order valence-corrected chi connectivity index (χ2v) is 7.20. The second-order valence-electron chi connectivity index (χ2n) is 6.42. The van der Waals surface area contributed by atoms with E-state index in [0.717, 1.165) is 43.5 Å². The van der Waals surface area contributed by atoms with E-state index in [4.69, 9.17) is 5.73 Å². The van der Waals surface area contributed by atoms with Crippen LogP contribution in [0.2, 0.25) is 0 Å². The van der Waals surface area contributed by atoms with E-state index >= 15 is 0 Å². The number of carbonyl (C=O) groups excluding carboxylic acids is 1. The summed E-state index contributed by atoms with van der Waals surface area (Å²) < 4.78 is 0. The molecule has 22 heavy (non-hydrogen) atoms. The van der Waals surface area contributed by atoms with Crippen LogP contribution in [0.3, 0.4) is 0 Å². The lowest BCUT2D eigenvalue weighted by Gasteiger charge is -2.27. The van der Waals surface area contributed by atoms with Crippen LogP contribution in [-0.4, -0.2) is 22.9 Å². The van der Waals surface area contributed by atoms with E-state index in [1.165, 1.54) is 5.56 Å². The number of nitrogens with two attached hydrogens (primary N) is 1. The fourth-order valence-corrected chi connectivity index (χ4v) is 3.58. The highest BCUT2D eigenvalue weighted by Crippen LogP contribution is 2.24. The number of amides is 1. The van der Waals surface area contributed by atoms with Gasteiger partial charge in [-0.25, -0.2) is 0 Å². The smallest absolute Gasteiger partial charge is 0.254 e. The van der Waals surface area contributed by atoms with Crippen molar-refractivity contribution in [1.29, 1.82) is 0 Å². The molecule has 0 radical (unpaired) electrons. The van der Waals surface area contributed by atoms with Crippen molar-refractivity contribution in [2.45, 2.75) is 38.3 Å². The first-order chi connectivity index (χ1) is 10.6. The van der Waals surface area contributed by atoms with Crippen molar-refractivity contribution < 1.29 is 4.79 Å². The van der Waals surface area contributed by atoms with Gasteiger partial charge in [0.2, 0.25) is 0 Å². The standard InChI is InChI=1S/C18H22N2OS/c1-18(19,8-6-14-7-11-22-13-14)9-10-20-12-15-4-2-3-5-16(15)17(20)21/h2-5,7,11,13H,6,8-10,12,19H2,1H3. The van der Waals surface area contributed by atoms with E-state index in [1.54, 1.807) is 11.3 Å². The van der Waals surface area contributed by atoms with Gasteiger partial charge >= 0.3 is 0 Å². The molecule has 2 aromatic rings. The Bertz CT molecular complexity index is 649. The fraction of sp³-hybridized carbons (Fsp3) is 0.389. The normalized spacial score (nSPS) is 16.6. The monoisotopic (exact) mass is 314 g/mol. The minimum atomic E-state index is -0.239. The summed E-state index contributed by atoms with van der Waals surface area (Å²) in [4.78, 5) is 14.3. The first-order valence-corrected chi connectivity index (χ1v) is 8.67. The van der Waals surface area contributed by atoms with E-state index in [-0.39, 0.29) is 11.4 Å². The number of hydrogen-bond acceptors (Lipinski definition) is 3. The molecule has 0 spiro atoms. The van der Waals surface area contributed by atoms with Crippen molar-refractivity contribution in [1.82, 2.24) is 4.90 Å². The SMILES string of the molecule is CC(N)(CCc1ccsc1)CCN1Cc2ccccc2C1=O. The van der Waals surface area contributed by atoms with Crippen LogP contribution in [0.5, 0.6) is 0 Å². The maximum absolute atomic E-state index is 12.3. The lowest BCUT2D eigenvalue weighted by atomic mass is 9.91. The van der Waals surface area contributed by atoms with Crippen LogP contribution < -0.4 is 5.73 Å². The molecular weight excluding hydrogens is 292 g/mol. The van der Waals surface area contributed by atoms with Gasteiger partial charge in [0.15, 0.2) is 0 Å². The minimum Gasteiger partial charge on any atom is -0.334 e. The Morgan fingerprint density at radius 1 is 1.27 bits per heavy atom. The molecule has 1 aromatic carbocycles. The van der Waals surface area contributed by atoms with Crippen LogP contribution in [0, 0.1) is 0 Å². The lowest BCUT2D eigenvalue weighted by Crippen LogP contribution is -2.40. The molecule has 1 unspecified atom stereocenters.